The molecule has 0 bridgehead atoms. The highest BCUT2D eigenvalue weighted by Gasteiger charge is 2.44. The number of hydrogen-bond acceptors (Lipinski definition) is 8. The first-order valence-corrected chi connectivity index (χ1v) is 16.3. The van der Waals surface area contributed by atoms with E-state index < -0.39 is 5.79 Å². The molecule has 11 nitrogen and oxygen atoms in total. The average Bonchev–Trinajstić information content (AvgIpc) is 3.83. The van der Waals surface area contributed by atoms with E-state index in [0.717, 1.165) is 34.8 Å². The van der Waals surface area contributed by atoms with Gasteiger partial charge in [-0.05, 0) is 86.1 Å². The zero-order chi connectivity index (χ0) is 32.8. The van der Waals surface area contributed by atoms with Gasteiger partial charge in [-0.2, -0.15) is 10.2 Å². The van der Waals surface area contributed by atoms with Crippen LogP contribution in [0.25, 0.3) is 5.69 Å². The van der Waals surface area contributed by atoms with Crippen LogP contribution < -0.4 is 21.1 Å². The van der Waals surface area contributed by atoms with Crippen molar-refractivity contribution in [3.8, 4) is 11.4 Å². The number of ether oxygens (including phenoxy) is 3. The number of nitrogens with one attached hydrogen (secondary N) is 2. The molecule has 13 heteroatoms. The Bertz CT molecular complexity index is 1790. The van der Waals surface area contributed by atoms with Gasteiger partial charge in [-0.1, -0.05) is 30.1 Å². The minimum absolute atomic E-state index is 0.0595. The third-order valence-electron chi connectivity index (χ3n) is 8.01. The van der Waals surface area contributed by atoms with Crippen LogP contribution in [0.15, 0.2) is 96.3 Å². The van der Waals surface area contributed by atoms with Gasteiger partial charge in [-0.3, -0.25) is 4.68 Å². The molecule has 3 aromatic carbocycles. The number of aromatic nitrogens is 5. The lowest BCUT2D eigenvalue weighted by molar-refractivity contribution is -0.190. The van der Waals surface area contributed by atoms with E-state index in [9.17, 15) is 4.79 Å². The van der Waals surface area contributed by atoms with Crippen molar-refractivity contribution in [2.45, 2.75) is 44.7 Å². The van der Waals surface area contributed by atoms with Crippen LogP contribution in [0.5, 0.6) is 5.75 Å². The van der Waals surface area contributed by atoms with Gasteiger partial charge in [0, 0.05) is 52.5 Å². The fourth-order valence-corrected chi connectivity index (χ4v) is 5.86. The van der Waals surface area contributed by atoms with E-state index in [1.807, 2.05) is 74.6 Å². The minimum Gasteiger partial charge on any atom is -0.491 e. The van der Waals surface area contributed by atoms with Crippen LogP contribution in [0.2, 0.25) is 10.0 Å². The second-order valence-corrected chi connectivity index (χ2v) is 12.3. The lowest BCUT2D eigenvalue weighted by atomic mass is 10.1. The number of benzene rings is 3. The first kappa shape index (κ1) is 32.6. The maximum Gasteiger partial charge on any atom is 0.350 e. The fraction of sp³-hybridized carbons (Fsp3) is 0.324. The SMILES string of the molecule is CCC(C)n1ncn(-c2ccc(NCCNc3ccc(OC[C@@H]4CO[C@@](Cn5cccn5)(c5cc(Cl)cc(Cl)c5)O4)cc3)cc2)c1=O. The second-order valence-electron chi connectivity index (χ2n) is 11.4. The summed E-state index contributed by atoms with van der Waals surface area (Å²) in [7, 11) is 0. The predicted molar refractivity (Wildman–Crippen MR) is 183 cm³/mol. The first-order valence-electron chi connectivity index (χ1n) is 15.5. The molecule has 0 spiro atoms. The van der Waals surface area contributed by atoms with E-state index in [0.29, 0.717) is 42.9 Å². The molecule has 6 rings (SSSR count). The summed E-state index contributed by atoms with van der Waals surface area (Å²) >= 11 is 12.6. The largest absolute Gasteiger partial charge is 0.491 e. The highest BCUT2D eigenvalue weighted by atomic mass is 35.5. The number of anilines is 2. The lowest BCUT2D eigenvalue weighted by Crippen LogP contribution is -2.34. The molecule has 0 aliphatic carbocycles. The Morgan fingerprint density at radius 3 is 2.32 bits per heavy atom. The van der Waals surface area contributed by atoms with Gasteiger partial charge in [0.15, 0.2) is 0 Å². The molecule has 5 aromatic rings. The summed E-state index contributed by atoms with van der Waals surface area (Å²) in [6.07, 6.45) is 5.66. The van der Waals surface area contributed by atoms with E-state index in [1.165, 1.54) is 4.68 Å². The number of hydrogen-bond donors (Lipinski definition) is 2. The van der Waals surface area contributed by atoms with Crippen LogP contribution >= 0.6 is 23.2 Å². The van der Waals surface area contributed by atoms with Crippen molar-refractivity contribution in [2.24, 2.45) is 0 Å². The molecule has 1 fully saturated rings. The zero-order valence-corrected chi connectivity index (χ0v) is 27.7. The molecule has 0 radical (unpaired) electrons. The van der Waals surface area contributed by atoms with Crippen LogP contribution in [0.1, 0.15) is 31.9 Å². The van der Waals surface area contributed by atoms with Crippen molar-refractivity contribution in [3.63, 3.8) is 0 Å². The van der Waals surface area contributed by atoms with E-state index in [4.69, 9.17) is 37.4 Å². The highest BCUT2D eigenvalue weighted by molar-refractivity contribution is 6.34. The maximum atomic E-state index is 12.7. The Morgan fingerprint density at radius 2 is 1.68 bits per heavy atom. The van der Waals surface area contributed by atoms with Crippen LogP contribution in [0.4, 0.5) is 11.4 Å². The van der Waals surface area contributed by atoms with Crippen LogP contribution in [-0.2, 0) is 21.8 Å². The first-order chi connectivity index (χ1) is 22.8. The molecule has 1 aliphatic heterocycles. The molecule has 1 unspecified atom stereocenters. The van der Waals surface area contributed by atoms with Gasteiger partial charge in [-0.25, -0.2) is 14.0 Å². The Morgan fingerprint density at radius 1 is 1.00 bits per heavy atom. The van der Waals surface area contributed by atoms with Crippen molar-refractivity contribution in [2.75, 3.05) is 36.9 Å². The van der Waals surface area contributed by atoms with Crippen molar-refractivity contribution in [1.29, 1.82) is 0 Å². The number of halogens is 2. The monoisotopic (exact) mass is 677 g/mol. The summed E-state index contributed by atoms with van der Waals surface area (Å²) in [5.74, 6) is -0.378. The molecule has 2 aromatic heterocycles. The Labute approximate surface area is 283 Å². The smallest absolute Gasteiger partial charge is 0.350 e. The minimum atomic E-state index is -1.10. The molecule has 3 heterocycles. The van der Waals surface area contributed by atoms with Gasteiger partial charge in [-0.15, -0.1) is 0 Å². The van der Waals surface area contributed by atoms with Crippen LogP contribution in [0, 0.1) is 0 Å². The van der Waals surface area contributed by atoms with Gasteiger partial charge in [0.05, 0.1) is 24.9 Å². The van der Waals surface area contributed by atoms with Crippen molar-refractivity contribution >= 4 is 34.6 Å². The van der Waals surface area contributed by atoms with Crippen LogP contribution in [0.3, 0.4) is 0 Å². The average molecular weight is 679 g/mol. The third-order valence-corrected chi connectivity index (χ3v) is 8.45. The molecule has 3 atom stereocenters. The van der Waals surface area contributed by atoms with E-state index in [1.54, 1.807) is 40.0 Å². The molecule has 1 aliphatic rings. The van der Waals surface area contributed by atoms with Gasteiger partial charge in [0.25, 0.3) is 0 Å². The Kier molecular flexibility index (Phi) is 10.2. The summed E-state index contributed by atoms with van der Waals surface area (Å²) in [5.41, 5.74) is 3.30. The molecule has 0 amide bonds. The summed E-state index contributed by atoms with van der Waals surface area (Å²) < 4.78 is 23.6. The second kappa shape index (κ2) is 14.6. The summed E-state index contributed by atoms with van der Waals surface area (Å²) in [4.78, 5) is 12.7. The topological polar surface area (TPSA) is 109 Å². The zero-order valence-electron chi connectivity index (χ0n) is 26.2. The predicted octanol–water partition coefficient (Wildman–Crippen LogP) is 6.38. The van der Waals surface area contributed by atoms with Crippen molar-refractivity contribution in [3.05, 3.63) is 118 Å². The summed E-state index contributed by atoms with van der Waals surface area (Å²) in [5, 5.41) is 16.4. The summed E-state index contributed by atoms with van der Waals surface area (Å²) in [6, 6.07) is 22.7. The van der Waals surface area contributed by atoms with E-state index >= 15 is 0 Å². The van der Waals surface area contributed by atoms with Gasteiger partial charge >= 0.3 is 5.69 Å². The third kappa shape index (κ3) is 7.82. The maximum absolute atomic E-state index is 12.7. The van der Waals surface area contributed by atoms with Gasteiger partial charge in [0.1, 0.15) is 24.8 Å². The van der Waals surface area contributed by atoms with Gasteiger partial charge < -0.3 is 24.8 Å². The Hall–Kier alpha value is -4.29. The normalized spacial score (nSPS) is 18.3. The Balaban J connectivity index is 0.967. The highest BCUT2D eigenvalue weighted by Crippen LogP contribution is 2.38. The van der Waals surface area contributed by atoms with E-state index in [-0.39, 0.29) is 17.8 Å². The molecule has 47 heavy (non-hydrogen) atoms. The molecular weight excluding hydrogens is 641 g/mol. The summed E-state index contributed by atoms with van der Waals surface area (Å²) in [6.45, 7) is 6.42. The number of nitrogens with zero attached hydrogens (tertiary/aromatic N) is 5. The van der Waals surface area contributed by atoms with Gasteiger partial charge in [0.2, 0.25) is 5.79 Å². The standard InChI is InChI=1S/C34H37Cl2N7O4/c1-3-24(2)43-33(44)42(23-40-43)30-9-5-28(6-10-30)37-14-15-38-29-7-11-31(12-8-29)45-20-32-21-46-34(47-32,22-41-16-4-13-39-41)25-17-26(35)19-27(36)18-25/h4-13,16-19,23-24,32,37-38H,3,14-15,20-22H2,1-2H3/t24?,32-,34-/m1/s1. The van der Waals surface area contributed by atoms with Crippen molar-refractivity contribution < 1.29 is 14.2 Å². The lowest BCUT2D eigenvalue weighted by Gasteiger charge is -2.29. The van der Waals surface area contributed by atoms with Crippen LogP contribution in [-0.4, -0.2) is 56.5 Å². The van der Waals surface area contributed by atoms with E-state index in [2.05, 4.69) is 20.8 Å². The molecule has 0 saturated carbocycles. The molecular formula is C34H37Cl2N7O4. The molecule has 1 saturated heterocycles. The van der Waals surface area contributed by atoms with Crippen molar-refractivity contribution in [1.82, 2.24) is 24.1 Å². The molecule has 246 valence electrons. The molecule has 2 N–H and O–H groups in total. The number of rotatable bonds is 14. The quantitative estimate of drug-likeness (QED) is 0.130. The fourth-order valence-electron chi connectivity index (χ4n) is 5.33.